The number of nitrogens with zero attached hydrogens (tertiary/aromatic N) is 2. The third kappa shape index (κ3) is 2.54. The minimum atomic E-state index is -0.242. The van der Waals surface area contributed by atoms with Crippen LogP contribution in [0.4, 0.5) is 5.95 Å². The number of amides is 1. The Morgan fingerprint density at radius 3 is 2.45 bits per heavy atom. The van der Waals surface area contributed by atoms with Crippen LogP contribution in [0, 0.1) is 6.92 Å². The summed E-state index contributed by atoms with van der Waals surface area (Å²) in [4.78, 5) is 20.2. The molecule has 0 bridgehead atoms. The first-order chi connectivity index (χ1) is 9.56. The van der Waals surface area contributed by atoms with Crippen molar-refractivity contribution in [1.29, 1.82) is 0 Å². The monoisotopic (exact) mass is 272 g/mol. The van der Waals surface area contributed by atoms with Crippen LogP contribution < -0.4 is 15.8 Å². The van der Waals surface area contributed by atoms with Gasteiger partial charge in [0.15, 0.2) is 0 Å². The van der Waals surface area contributed by atoms with Gasteiger partial charge in [0.2, 0.25) is 5.95 Å². The second-order valence-electron chi connectivity index (χ2n) is 4.20. The topological polar surface area (TPSA) is 90.1 Å². The Balaban J connectivity index is 2.61. The highest BCUT2D eigenvalue weighted by Gasteiger charge is 2.18. The lowest BCUT2D eigenvalue weighted by Gasteiger charge is -2.11. The van der Waals surface area contributed by atoms with Gasteiger partial charge in [-0.3, -0.25) is 4.79 Å². The zero-order valence-corrected chi connectivity index (χ0v) is 11.6. The predicted molar refractivity (Wildman–Crippen MR) is 76.6 cm³/mol. The van der Waals surface area contributed by atoms with Crippen molar-refractivity contribution in [2.24, 2.45) is 0 Å². The number of methoxy groups -OCH3 is 1. The fraction of sp³-hybridized carbons (Fsp3) is 0.214. The molecule has 1 aromatic heterocycles. The number of nitrogens with two attached hydrogens (primary N) is 1. The quantitative estimate of drug-likeness (QED) is 0.881. The maximum absolute atomic E-state index is 12.0. The van der Waals surface area contributed by atoms with E-state index in [0.717, 1.165) is 11.3 Å². The fourth-order valence-corrected chi connectivity index (χ4v) is 1.95. The molecular weight excluding hydrogens is 256 g/mol. The molecule has 1 amide bonds. The molecule has 0 aliphatic carbocycles. The van der Waals surface area contributed by atoms with Gasteiger partial charge in [-0.2, -0.15) is 0 Å². The van der Waals surface area contributed by atoms with Crippen LogP contribution >= 0.6 is 0 Å². The minimum Gasteiger partial charge on any atom is -0.497 e. The van der Waals surface area contributed by atoms with E-state index in [4.69, 9.17) is 10.5 Å². The number of hydrogen-bond donors (Lipinski definition) is 2. The van der Waals surface area contributed by atoms with Crippen LogP contribution in [0.15, 0.2) is 24.3 Å². The SMILES string of the molecule is CNC(=O)c1c(C)nc(N)nc1-c1ccc(OC)cc1. The zero-order chi connectivity index (χ0) is 14.7. The van der Waals surface area contributed by atoms with Crippen LogP contribution in [0.1, 0.15) is 16.1 Å². The smallest absolute Gasteiger partial charge is 0.255 e. The molecule has 0 radical (unpaired) electrons. The summed E-state index contributed by atoms with van der Waals surface area (Å²) in [5.41, 5.74) is 7.94. The van der Waals surface area contributed by atoms with E-state index in [1.165, 1.54) is 0 Å². The van der Waals surface area contributed by atoms with E-state index in [0.29, 0.717) is 17.0 Å². The molecule has 0 aliphatic rings. The number of carbonyl (C=O) groups excluding carboxylic acids is 1. The summed E-state index contributed by atoms with van der Waals surface area (Å²) in [6, 6.07) is 7.26. The van der Waals surface area contributed by atoms with E-state index in [2.05, 4.69) is 15.3 Å². The first kappa shape index (κ1) is 13.8. The molecule has 1 aromatic carbocycles. The number of nitrogen functional groups attached to an aromatic ring is 1. The van der Waals surface area contributed by atoms with Crippen molar-refractivity contribution in [2.75, 3.05) is 19.9 Å². The van der Waals surface area contributed by atoms with Gasteiger partial charge in [0.1, 0.15) is 5.75 Å². The number of hydrogen-bond acceptors (Lipinski definition) is 5. The van der Waals surface area contributed by atoms with Crippen molar-refractivity contribution in [2.45, 2.75) is 6.92 Å². The molecular formula is C14H16N4O2. The van der Waals surface area contributed by atoms with Crippen molar-refractivity contribution in [1.82, 2.24) is 15.3 Å². The summed E-state index contributed by atoms with van der Waals surface area (Å²) < 4.78 is 5.11. The molecule has 2 aromatic rings. The summed E-state index contributed by atoms with van der Waals surface area (Å²) in [5, 5.41) is 2.59. The summed E-state index contributed by atoms with van der Waals surface area (Å²) in [6.45, 7) is 1.73. The van der Waals surface area contributed by atoms with Crippen LogP contribution in [-0.4, -0.2) is 30.0 Å². The van der Waals surface area contributed by atoms with Gasteiger partial charge in [0.05, 0.1) is 24.1 Å². The van der Waals surface area contributed by atoms with Crippen molar-refractivity contribution >= 4 is 11.9 Å². The lowest BCUT2D eigenvalue weighted by Crippen LogP contribution is -2.21. The van der Waals surface area contributed by atoms with Crippen molar-refractivity contribution in [3.8, 4) is 17.0 Å². The van der Waals surface area contributed by atoms with E-state index in [9.17, 15) is 4.79 Å². The molecule has 0 fully saturated rings. The molecule has 104 valence electrons. The maximum atomic E-state index is 12.0. The van der Waals surface area contributed by atoms with Crippen molar-refractivity contribution < 1.29 is 9.53 Å². The van der Waals surface area contributed by atoms with E-state index < -0.39 is 0 Å². The molecule has 6 heteroatoms. The van der Waals surface area contributed by atoms with Gasteiger partial charge < -0.3 is 15.8 Å². The first-order valence-corrected chi connectivity index (χ1v) is 6.07. The molecule has 6 nitrogen and oxygen atoms in total. The number of aromatic nitrogens is 2. The highest BCUT2D eigenvalue weighted by atomic mass is 16.5. The normalized spacial score (nSPS) is 10.2. The second kappa shape index (κ2) is 5.56. The predicted octanol–water partition coefficient (Wildman–Crippen LogP) is 1.40. The van der Waals surface area contributed by atoms with E-state index in [1.54, 1.807) is 33.2 Å². The van der Waals surface area contributed by atoms with Crippen LogP contribution in [-0.2, 0) is 0 Å². The Morgan fingerprint density at radius 1 is 1.25 bits per heavy atom. The van der Waals surface area contributed by atoms with Gasteiger partial charge in [-0.05, 0) is 31.2 Å². The Hall–Kier alpha value is -2.63. The lowest BCUT2D eigenvalue weighted by atomic mass is 10.0. The molecule has 0 spiro atoms. The Bertz CT molecular complexity index is 638. The number of anilines is 1. The molecule has 20 heavy (non-hydrogen) atoms. The van der Waals surface area contributed by atoms with Gasteiger partial charge >= 0.3 is 0 Å². The summed E-state index contributed by atoms with van der Waals surface area (Å²) in [5.74, 6) is 0.628. The average Bonchev–Trinajstić information content (AvgIpc) is 2.46. The molecule has 1 heterocycles. The van der Waals surface area contributed by atoms with Gasteiger partial charge in [0.25, 0.3) is 5.91 Å². The maximum Gasteiger partial charge on any atom is 0.255 e. The molecule has 0 aliphatic heterocycles. The average molecular weight is 272 g/mol. The number of carbonyl (C=O) groups is 1. The van der Waals surface area contributed by atoms with Crippen molar-refractivity contribution in [3.05, 3.63) is 35.5 Å². The molecule has 2 rings (SSSR count). The van der Waals surface area contributed by atoms with Gasteiger partial charge in [0, 0.05) is 12.6 Å². The number of ether oxygens (including phenoxy) is 1. The van der Waals surface area contributed by atoms with E-state index >= 15 is 0 Å². The molecule has 0 saturated heterocycles. The van der Waals surface area contributed by atoms with Crippen molar-refractivity contribution in [3.63, 3.8) is 0 Å². The highest BCUT2D eigenvalue weighted by Crippen LogP contribution is 2.26. The largest absolute Gasteiger partial charge is 0.497 e. The van der Waals surface area contributed by atoms with Crippen LogP contribution in [0.5, 0.6) is 5.75 Å². The molecule has 0 atom stereocenters. The van der Waals surface area contributed by atoms with Gasteiger partial charge in [-0.25, -0.2) is 9.97 Å². The Kier molecular flexibility index (Phi) is 3.84. The zero-order valence-electron chi connectivity index (χ0n) is 11.6. The van der Waals surface area contributed by atoms with E-state index in [-0.39, 0.29) is 11.9 Å². The third-order valence-corrected chi connectivity index (χ3v) is 2.92. The minimum absolute atomic E-state index is 0.140. The fourth-order valence-electron chi connectivity index (χ4n) is 1.95. The number of benzene rings is 1. The number of aryl methyl sites for hydroxylation is 1. The van der Waals surface area contributed by atoms with Crippen LogP contribution in [0.2, 0.25) is 0 Å². The highest BCUT2D eigenvalue weighted by molar-refractivity contribution is 6.00. The van der Waals surface area contributed by atoms with Gasteiger partial charge in [-0.1, -0.05) is 0 Å². The number of rotatable bonds is 3. The molecule has 3 N–H and O–H groups in total. The van der Waals surface area contributed by atoms with Crippen LogP contribution in [0.25, 0.3) is 11.3 Å². The number of nitrogens with one attached hydrogen (secondary N) is 1. The molecule has 0 unspecified atom stereocenters. The lowest BCUT2D eigenvalue weighted by molar-refractivity contribution is 0.0962. The second-order valence-corrected chi connectivity index (χ2v) is 4.20. The Labute approximate surface area is 117 Å². The van der Waals surface area contributed by atoms with Gasteiger partial charge in [-0.15, -0.1) is 0 Å². The first-order valence-electron chi connectivity index (χ1n) is 6.07. The summed E-state index contributed by atoms with van der Waals surface area (Å²) >= 11 is 0. The summed E-state index contributed by atoms with van der Waals surface area (Å²) in [7, 11) is 3.16. The summed E-state index contributed by atoms with van der Waals surface area (Å²) in [6.07, 6.45) is 0. The van der Waals surface area contributed by atoms with E-state index in [1.807, 2.05) is 12.1 Å². The molecule has 0 saturated carbocycles. The standard InChI is InChI=1S/C14H16N4O2/c1-8-11(13(19)16-2)12(18-14(15)17-8)9-4-6-10(20-3)7-5-9/h4-7H,1-3H3,(H,16,19)(H2,15,17,18). The van der Waals surface area contributed by atoms with Crippen LogP contribution in [0.3, 0.4) is 0 Å². The Morgan fingerprint density at radius 2 is 1.90 bits per heavy atom. The third-order valence-electron chi connectivity index (χ3n) is 2.92.